The molecule has 0 aromatic rings. The second kappa shape index (κ2) is 7.62. The lowest BCUT2D eigenvalue weighted by molar-refractivity contribution is -0.121. The second-order valence-corrected chi connectivity index (χ2v) is 12.9. The van der Waals surface area contributed by atoms with Gasteiger partial charge in [0, 0.05) is 18.4 Å². The van der Waals surface area contributed by atoms with Gasteiger partial charge >= 0.3 is 0 Å². The van der Waals surface area contributed by atoms with Gasteiger partial charge in [0.1, 0.15) is 0 Å². The van der Waals surface area contributed by atoms with Gasteiger partial charge in [-0.25, -0.2) is 0 Å². The highest BCUT2D eigenvalue weighted by atomic mass is 16.5. The summed E-state index contributed by atoms with van der Waals surface area (Å²) in [5, 5.41) is 3.83. The average molecular weight is 452 g/mol. The largest absolute Gasteiger partial charge is 0.369 e. The Morgan fingerprint density at radius 2 is 2.00 bits per heavy atom. The molecule has 33 heavy (non-hydrogen) atoms. The molecule has 6 aliphatic rings. The zero-order chi connectivity index (χ0) is 23.1. The van der Waals surface area contributed by atoms with E-state index in [0.29, 0.717) is 59.6 Å². The summed E-state index contributed by atoms with van der Waals surface area (Å²) in [6.07, 6.45) is 12.0. The Labute approximate surface area is 199 Å². The van der Waals surface area contributed by atoms with Gasteiger partial charge in [0.25, 0.3) is 0 Å². The van der Waals surface area contributed by atoms with E-state index in [1.54, 1.807) is 11.1 Å². The molecule has 9 unspecified atom stereocenters. The maximum atomic E-state index is 12.4. The van der Waals surface area contributed by atoms with Crippen LogP contribution in [0, 0.1) is 40.9 Å². The van der Waals surface area contributed by atoms with Crippen LogP contribution < -0.4 is 5.32 Å². The monoisotopic (exact) mass is 451 g/mol. The van der Waals surface area contributed by atoms with Gasteiger partial charge in [-0.2, -0.15) is 0 Å². The number of hydrogen-bond donors (Lipinski definition) is 1. The van der Waals surface area contributed by atoms with Gasteiger partial charge < -0.3 is 10.1 Å². The number of hydrogen-bond acceptors (Lipinski definition) is 4. The molecule has 1 N–H and O–H groups in total. The smallest absolute Gasteiger partial charge is 0.166 e. The van der Waals surface area contributed by atoms with Gasteiger partial charge in [0.05, 0.1) is 17.3 Å². The standard InChI is InChI=1S/C29H41NO3/c1-16-9-26-27(30-14-16)18(3)29(33-26)8-7-21-22-6-5-20-10-25(32)19(15-31)13-28(20,4)24(22)11-23(21)17(2)12-29/h13,15-16,18,20-22,24,26-27,30H,5-12,14H2,1-4H3/t16?,18-,20?,21?,22?,24?,26?,27?,28?,29?/m1/s1. The van der Waals surface area contributed by atoms with Crippen molar-refractivity contribution >= 4 is 12.1 Å². The Morgan fingerprint density at radius 3 is 2.79 bits per heavy atom. The topological polar surface area (TPSA) is 55.4 Å². The number of carbonyl (C=O) groups excluding carboxylic acids is 2. The first-order valence-electron chi connectivity index (χ1n) is 13.6. The highest BCUT2D eigenvalue weighted by Gasteiger charge is 2.59. The molecule has 2 aliphatic heterocycles. The van der Waals surface area contributed by atoms with E-state index in [1.165, 1.54) is 25.7 Å². The van der Waals surface area contributed by atoms with Crippen LogP contribution in [0.2, 0.25) is 0 Å². The zero-order valence-electron chi connectivity index (χ0n) is 20.9. The SMILES string of the molecule is CC1=C2CC3C(CCC4CC(=O)C(C=O)=CC43C)C2CCC2(C1)OC1CC(C)CNC1[C@H]2C. The van der Waals surface area contributed by atoms with Crippen LogP contribution in [0.1, 0.15) is 79.1 Å². The van der Waals surface area contributed by atoms with E-state index < -0.39 is 0 Å². The second-order valence-electron chi connectivity index (χ2n) is 12.9. The number of rotatable bonds is 1. The lowest BCUT2D eigenvalue weighted by Gasteiger charge is -2.50. The number of piperidine rings is 1. The van der Waals surface area contributed by atoms with Crippen LogP contribution in [-0.4, -0.2) is 36.4 Å². The molecule has 0 bridgehead atoms. The van der Waals surface area contributed by atoms with Gasteiger partial charge in [0.15, 0.2) is 12.1 Å². The molecule has 6 rings (SSSR count). The molecular formula is C29H41NO3. The van der Waals surface area contributed by atoms with Crippen LogP contribution >= 0.6 is 0 Å². The molecule has 4 nitrogen and oxygen atoms in total. The van der Waals surface area contributed by atoms with Crippen LogP contribution in [0.25, 0.3) is 0 Å². The van der Waals surface area contributed by atoms with Crippen molar-refractivity contribution in [1.29, 1.82) is 0 Å². The summed E-state index contributed by atoms with van der Waals surface area (Å²) in [7, 11) is 0. The van der Waals surface area contributed by atoms with Crippen molar-refractivity contribution in [3.8, 4) is 0 Å². The van der Waals surface area contributed by atoms with E-state index in [2.05, 4.69) is 39.1 Å². The summed E-state index contributed by atoms with van der Waals surface area (Å²) in [4.78, 5) is 24.0. The normalized spacial score (nSPS) is 51.4. The van der Waals surface area contributed by atoms with Crippen LogP contribution in [0.15, 0.2) is 22.8 Å². The van der Waals surface area contributed by atoms with Gasteiger partial charge in [-0.3, -0.25) is 9.59 Å². The number of allylic oxidation sites excluding steroid dienone is 3. The maximum Gasteiger partial charge on any atom is 0.166 e. The molecule has 4 aliphatic carbocycles. The summed E-state index contributed by atoms with van der Waals surface area (Å²) < 4.78 is 6.99. The third-order valence-corrected chi connectivity index (χ3v) is 11.3. The van der Waals surface area contributed by atoms with Crippen molar-refractivity contribution in [2.24, 2.45) is 40.9 Å². The first-order chi connectivity index (χ1) is 15.8. The van der Waals surface area contributed by atoms with Crippen LogP contribution in [0.4, 0.5) is 0 Å². The van der Waals surface area contributed by atoms with E-state index in [-0.39, 0.29) is 16.8 Å². The highest BCUT2D eigenvalue weighted by Crippen LogP contribution is 2.64. The van der Waals surface area contributed by atoms with E-state index >= 15 is 0 Å². The Hall–Kier alpha value is -1.26. The Balaban J connectivity index is 1.31. The van der Waals surface area contributed by atoms with Gasteiger partial charge in [0.2, 0.25) is 0 Å². The molecule has 4 fully saturated rings. The molecule has 0 aromatic heterocycles. The Bertz CT molecular complexity index is 935. The van der Waals surface area contributed by atoms with Crippen molar-refractivity contribution in [3.05, 3.63) is 22.8 Å². The fourth-order valence-corrected chi connectivity index (χ4v) is 9.44. The Kier molecular flexibility index (Phi) is 5.13. The first kappa shape index (κ1) is 22.2. The lowest BCUT2D eigenvalue weighted by Crippen LogP contribution is -2.48. The predicted molar refractivity (Wildman–Crippen MR) is 129 cm³/mol. The van der Waals surface area contributed by atoms with Crippen molar-refractivity contribution < 1.29 is 14.3 Å². The number of aldehydes is 1. The molecular weight excluding hydrogens is 410 g/mol. The van der Waals surface area contributed by atoms with Crippen LogP contribution in [0.3, 0.4) is 0 Å². The molecule has 4 heteroatoms. The van der Waals surface area contributed by atoms with Crippen molar-refractivity contribution in [1.82, 2.24) is 5.32 Å². The molecule has 180 valence electrons. The summed E-state index contributed by atoms with van der Waals surface area (Å²) in [5.41, 5.74) is 3.69. The number of Topliss-reactive ketones (excluding diaryl/α,β-unsaturated/α-hetero) is 1. The number of ether oxygens (including phenoxy) is 1. The molecule has 0 amide bonds. The minimum Gasteiger partial charge on any atom is -0.369 e. The summed E-state index contributed by atoms with van der Waals surface area (Å²) in [5.74, 6) is 3.61. The maximum absolute atomic E-state index is 12.4. The van der Waals surface area contributed by atoms with Crippen molar-refractivity contribution in [2.45, 2.75) is 96.8 Å². The summed E-state index contributed by atoms with van der Waals surface area (Å²) >= 11 is 0. The molecule has 10 atom stereocenters. The molecule has 2 saturated heterocycles. The van der Waals surface area contributed by atoms with Crippen molar-refractivity contribution in [2.75, 3.05) is 6.54 Å². The third-order valence-electron chi connectivity index (χ3n) is 11.3. The summed E-state index contributed by atoms with van der Waals surface area (Å²) in [6, 6.07) is 0.505. The highest BCUT2D eigenvalue weighted by molar-refractivity contribution is 6.12. The zero-order valence-corrected chi connectivity index (χ0v) is 20.9. The predicted octanol–water partition coefficient (Wildman–Crippen LogP) is 5.03. The minimum absolute atomic E-state index is 0.00767. The summed E-state index contributed by atoms with van der Waals surface area (Å²) in [6.45, 7) is 10.6. The van der Waals surface area contributed by atoms with Gasteiger partial charge in [-0.05, 0) is 93.4 Å². The lowest BCUT2D eigenvalue weighted by atomic mass is 9.53. The Morgan fingerprint density at radius 1 is 1.18 bits per heavy atom. The number of carbonyl (C=O) groups is 2. The molecule has 2 heterocycles. The third kappa shape index (κ3) is 3.15. The van der Waals surface area contributed by atoms with E-state index in [1.807, 2.05) is 0 Å². The first-order valence-corrected chi connectivity index (χ1v) is 13.6. The minimum atomic E-state index is -0.0175. The van der Waals surface area contributed by atoms with E-state index in [9.17, 15) is 9.59 Å². The van der Waals surface area contributed by atoms with Crippen LogP contribution in [-0.2, 0) is 14.3 Å². The fraction of sp³-hybridized carbons (Fsp3) is 0.793. The average Bonchev–Trinajstić information content (AvgIpc) is 3.24. The molecule has 2 saturated carbocycles. The van der Waals surface area contributed by atoms with Crippen LogP contribution in [0.5, 0.6) is 0 Å². The fourth-order valence-electron chi connectivity index (χ4n) is 9.44. The number of fused-ring (bicyclic) bond motifs is 6. The van der Waals surface area contributed by atoms with Gasteiger partial charge in [-0.15, -0.1) is 0 Å². The molecule has 0 aromatic carbocycles. The van der Waals surface area contributed by atoms with Gasteiger partial charge in [-0.1, -0.05) is 38.0 Å². The molecule has 0 radical (unpaired) electrons. The van der Waals surface area contributed by atoms with E-state index in [4.69, 9.17) is 4.74 Å². The van der Waals surface area contributed by atoms with Crippen molar-refractivity contribution in [3.63, 3.8) is 0 Å². The number of nitrogens with one attached hydrogen (secondary N) is 1. The number of ketones is 1. The molecule has 1 spiro atoms. The quantitative estimate of drug-likeness (QED) is 0.345. The van der Waals surface area contributed by atoms with E-state index in [0.717, 1.165) is 32.1 Å².